The molecule has 4 rings (SSSR count). The van der Waals surface area contributed by atoms with Crippen LogP contribution < -0.4 is 4.90 Å². The summed E-state index contributed by atoms with van der Waals surface area (Å²) in [5.74, 6) is -1.62. The highest BCUT2D eigenvalue weighted by Crippen LogP contribution is 2.51. The summed E-state index contributed by atoms with van der Waals surface area (Å²) in [6.07, 6.45) is 1.24. The van der Waals surface area contributed by atoms with Crippen LogP contribution in [0.25, 0.3) is 0 Å². The van der Waals surface area contributed by atoms with Crippen LogP contribution >= 0.6 is 11.6 Å². The maximum absolute atomic E-state index is 13.0. The van der Waals surface area contributed by atoms with Crippen molar-refractivity contribution in [2.75, 3.05) is 11.5 Å². The molecular formula is C24H23ClN2O6. The quantitative estimate of drug-likeness (QED) is 0.331. The number of fused-ring (bicyclic) bond motifs is 3. The molecular weight excluding hydrogens is 448 g/mol. The van der Waals surface area contributed by atoms with Crippen LogP contribution in [0.15, 0.2) is 60.3 Å². The van der Waals surface area contributed by atoms with Gasteiger partial charge in [-0.1, -0.05) is 41.9 Å². The second-order valence-corrected chi connectivity index (χ2v) is 8.48. The summed E-state index contributed by atoms with van der Waals surface area (Å²) >= 11 is 6.23. The summed E-state index contributed by atoms with van der Waals surface area (Å²) in [6.45, 7) is 1.99. The Morgan fingerprint density at radius 2 is 1.94 bits per heavy atom. The van der Waals surface area contributed by atoms with E-state index in [4.69, 9.17) is 21.1 Å². The molecule has 0 aromatic heterocycles. The zero-order valence-electron chi connectivity index (χ0n) is 18.0. The lowest BCUT2D eigenvalue weighted by Gasteiger charge is -2.30. The monoisotopic (exact) mass is 470 g/mol. The summed E-state index contributed by atoms with van der Waals surface area (Å²) < 4.78 is 10.5. The minimum atomic E-state index is -1.03. The minimum absolute atomic E-state index is 0.0678. The highest BCUT2D eigenvalue weighted by molar-refractivity contribution is 6.30. The van der Waals surface area contributed by atoms with Crippen LogP contribution in [0.2, 0.25) is 5.02 Å². The van der Waals surface area contributed by atoms with Crippen LogP contribution in [0.5, 0.6) is 0 Å². The summed E-state index contributed by atoms with van der Waals surface area (Å²) in [7, 11) is 0. The fraction of sp³-hybridized carbons (Fsp3) is 0.333. The number of benzene rings is 2. The lowest BCUT2D eigenvalue weighted by Crippen LogP contribution is -2.35. The van der Waals surface area contributed by atoms with Gasteiger partial charge in [-0.25, -0.2) is 4.79 Å². The average molecular weight is 471 g/mol. The molecule has 0 N–H and O–H groups in total. The second kappa shape index (κ2) is 9.62. The van der Waals surface area contributed by atoms with Gasteiger partial charge in [0.15, 0.2) is 0 Å². The summed E-state index contributed by atoms with van der Waals surface area (Å²) in [6, 6.07) is 13.2. The van der Waals surface area contributed by atoms with E-state index in [0.29, 0.717) is 28.3 Å². The van der Waals surface area contributed by atoms with E-state index in [0.717, 1.165) is 5.56 Å². The van der Waals surface area contributed by atoms with Crippen LogP contribution in [0.4, 0.5) is 10.5 Å². The Morgan fingerprint density at radius 1 is 1.18 bits per heavy atom. The van der Waals surface area contributed by atoms with Crippen LogP contribution in [-0.4, -0.2) is 29.6 Å². The number of carbonyl (C=O) groups is 2. The zero-order valence-corrected chi connectivity index (χ0v) is 18.7. The Morgan fingerprint density at radius 3 is 2.64 bits per heavy atom. The molecule has 2 aromatic rings. The number of hydrogen-bond acceptors (Lipinski definition) is 6. The summed E-state index contributed by atoms with van der Waals surface area (Å²) in [5, 5.41) is 12.5. The van der Waals surface area contributed by atoms with Gasteiger partial charge >= 0.3 is 12.1 Å². The maximum atomic E-state index is 13.0. The SMILES string of the molecule is CCOC(=O)C[C@H]1CC2=CN(C(=O)OCc3ccccc3)c3ccc(Cl)cc3[C@H]2[C@H]1[N+](=O)[O-]. The molecule has 1 fully saturated rings. The molecule has 1 aliphatic heterocycles. The van der Waals surface area contributed by atoms with E-state index in [9.17, 15) is 19.7 Å². The molecule has 0 unspecified atom stereocenters. The molecule has 33 heavy (non-hydrogen) atoms. The van der Waals surface area contributed by atoms with Crippen LogP contribution in [0.3, 0.4) is 0 Å². The van der Waals surface area contributed by atoms with Gasteiger partial charge in [0.25, 0.3) is 0 Å². The van der Waals surface area contributed by atoms with Crippen molar-refractivity contribution in [2.24, 2.45) is 5.92 Å². The van der Waals surface area contributed by atoms with E-state index in [1.165, 1.54) is 4.90 Å². The van der Waals surface area contributed by atoms with Gasteiger partial charge in [-0.15, -0.1) is 0 Å². The van der Waals surface area contributed by atoms with Crippen molar-refractivity contribution >= 4 is 29.4 Å². The molecule has 172 valence electrons. The molecule has 3 atom stereocenters. The van der Waals surface area contributed by atoms with Gasteiger partial charge in [-0.05, 0) is 48.2 Å². The Hall–Kier alpha value is -3.39. The molecule has 0 saturated heterocycles. The van der Waals surface area contributed by atoms with Crippen molar-refractivity contribution in [1.82, 2.24) is 0 Å². The maximum Gasteiger partial charge on any atom is 0.418 e. The normalized spacial score (nSPS) is 21.0. The zero-order chi connectivity index (χ0) is 23.5. The van der Waals surface area contributed by atoms with Crippen LogP contribution in [0, 0.1) is 16.0 Å². The molecule has 1 heterocycles. The molecule has 9 heteroatoms. The number of hydrogen-bond donors (Lipinski definition) is 0. The van der Waals surface area contributed by atoms with Gasteiger partial charge in [0.1, 0.15) is 6.61 Å². The Balaban J connectivity index is 1.66. The molecule has 0 bridgehead atoms. The number of halogens is 1. The number of carbonyl (C=O) groups excluding carboxylic acids is 2. The molecule has 1 aliphatic carbocycles. The summed E-state index contributed by atoms with van der Waals surface area (Å²) in [5.41, 5.74) is 2.59. The number of nitro groups is 1. The Kier molecular flexibility index (Phi) is 6.65. The predicted octanol–water partition coefficient (Wildman–Crippen LogP) is 5.08. The first-order valence-electron chi connectivity index (χ1n) is 10.7. The van der Waals surface area contributed by atoms with Gasteiger partial charge in [0.05, 0.1) is 24.6 Å². The lowest BCUT2D eigenvalue weighted by molar-refractivity contribution is -0.531. The van der Waals surface area contributed by atoms with Gasteiger partial charge in [-0.2, -0.15) is 0 Å². The predicted molar refractivity (Wildman–Crippen MR) is 122 cm³/mol. The fourth-order valence-corrected chi connectivity index (χ4v) is 4.83. The third kappa shape index (κ3) is 4.71. The number of anilines is 1. The molecule has 8 nitrogen and oxygen atoms in total. The van der Waals surface area contributed by atoms with E-state index in [-0.39, 0.29) is 24.6 Å². The lowest BCUT2D eigenvalue weighted by atomic mass is 9.86. The fourth-order valence-electron chi connectivity index (χ4n) is 4.65. The van der Waals surface area contributed by atoms with Crippen molar-refractivity contribution in [1.29, 1.82) is 0 Å². The Labute approximate surface area is 195 Å². The van der Waals surface area contributed by atoms with Gasteiger partial charge < -0.3 is 9.47 Å². The third-order valence-electron chi connectivity index (χ3n) is 5.98. The average Bonchev–Trinajstić information content (AvgIpc) is 3.16. The number of nitrogens with zero attached hydrogens (tertiary/aromatic N) is 2. The van der Waals surface area contributed by atoms with E-state index in [1.54, 1.807) is 31.3 Å². The van der Waals surface area contributed by atoms with Crippen molar-refractivity contribution in [3.05, 3.63) is 86.6 Å². The highest BCUT2D eigenvalue weighted by atomic mass is 35.5. The summed E-state index contributed by atoms with van der Waals surface area (Å²) in [4.78, 5) is 38.2. The minimum Gasteiger partial charge on any atom is -0.466 e. The Bertz CT molecular complexity index is 1100. The van der Waals surface area contributed by atoms with Crippen molar-refractivity contribution in [3.63, 3.8) is 0 Å². The van der Waals surface area contributed by atoms with Gasteiger partial charge in [0.2, 0.25) is 6.04 Å². The second-order valence-electron chi connectivity index (χ2n) is 8.04. The standard InChI is InChI=1S/C24H23ClN2O6/c1-2-32-21(28)11-16-10-17-13-26(24(29)33-14-15-6-4-3-5-7-15)20-9-8-18(25)12-19(20)22(17)23(16)27(30)31/h3-9,12-13,16,22-23H,2,10-11,14H2,1H3/t16-,22+,23+/m1/s1. The highest BCUT2D eigenvalue weighted by Gasteiger charge is 2.52. The molecule has 2 aliphatic rings. The molecule has 1 amide bonds. The topological polar surface area (TPSA) is 99.0 Å². The number of esters is 1. The van der Waals surface area contributed by atoms with E-state index < -0.39 is 29.9 Å². The van der Waals surface area contributed by atoms with E-state index in [1.807, 2.05) is 30.3 Å². The van der Waals surface area contributed by atoms with Crippen LogP contribution in [-0.2, 0) is 20.9 Å². The number of ether oxygens (including phenoxy) is 2. The largest absolute Gasteiger partial charge is 0.466 e. The van der Waals surface area contributed by atoms with Gasteiger partial charge in [0, 0.05) is 22.1 Å². The number of amides is 1. The van der Waals surface area contributed by atoms with Crippen molar-refractivity contribution in [3.8, 4) is 0 Å². The van der Waals surface area contributed by atoms with E-state index >= 15 is 0 Å². The molecule has 1 saturated carbocycles. The smallest absolute Gasteiger partial charge is 0.418 e. The first-order chi connectivity index (χ1) is 15.9. The molecule has 0 spiro atoms. The third-order valence-corrected chi connectivity index (χ3v) is 6.22. The molecule has 0 radical (unpaired) electrons. The first-order valence-corrected chi connectivity index (χ1v) is 11.1. The first kappa shape index (κ1) is 22.8. The number of rotatable bonds is 6. The molecule has 2 aromatic carbocycles. The van der Waals surface area contributed by atoms with Crippen LogP contribution in [0.1, 0.15) is 36.8 Å². The van der Waals surface area contributed by atoms with Crippen molar-refractivity contribution < 1.29 is 24.0 Å². The van der Waals surface area contributed by atoms with E-state index in [2.05, 4.69) is 0 Å². The van der Waals surface area contributed by atoms with Gasteiger partial charge in [-0.3, -0.25) is 19.8 Å². The van der Waals surface area contributed by atoms with Crippen molar-refractivity contribution in [2.45, 2.75) is 38.3 Å².